The first-order valence-electron chi connectivity index (χ1n) is 9.33. The zero-order chi connectivity index (χ0) is 24.1. The first-order valence-corrected chi connectivity index (χ1v) is 11.2. The Morgan fingerprint density at radius 1 is 0.969 bits per heavy atom. The summed E-state index contributed by atoms with van der Waals surface area (Å²) in [5, 5.41) is 0.0470. The number of hydrogen-bond donors (Lipinski definition) is 0. The molecule has 0 heterocycles. The quantitative estimate of drug-likeness (QED) is 0.503. The van der Waals surface area contributed by atoms with Crippen LogP contribution in [0.1, 0.15) is 15.9 Å². The Hall–Kier alpha value is -2.82. The van der Waals surface area contributed by atoms with Crippen LogP contribution in [0.5, 0.6) is 11.5 Å². The SMILES string of the molecule is COC(=O)CN(Cc1cc(OC)cc(OC)c1)C(=O)c1cc(S(=O)(=O)N(C)C)ccc1Cl. The van der Waals surface area contributed by atoms with Crippen molar-refractivity contribution in [2.75, 3.05) is 42.0 Å². The Labute approximate surface area is 192 Å². The molecule has 0 aliphatic heterocycles. The number of carbonyl (C=O) groups is 2. The lowest BCUT2D eigenvalue weighted by Crippen LogP contribution is -2.36. The van der Waals surface area contributed by atoms with E-state index in [1.807, 2.05) is 0 Å². The van der Waals surface area contributed by atoms with Gasteiger partial charge in [0.25, 0.3) is 5.91 Å². The van der Waals surface area contributed by atoms with E-state index in [4.69, 9.17) is 25.8 Å². The number of halogens is 1. The molecule has 0 aliphatic rings. The Balaban J connectivity index is 2.50. The second kappa shape index (κ2) is 10.7. The molecule has 2 aromatic carbocycles. The van der Waals surface area contributed by atoms with Crippen LogP contribution < -0.4 is 9.47 Å². The highest BCUT2D eigenvalue weighted by Gasteiger charge is 2.25. The maximum atomic E-state index is 13.3. The van der Waals surface area contributed by atoms with E-state index in [2.05, 4.69) is 0 Å². The van der Waals surface area contributed by atoms with Crippen molar-refractivity contribution in [2.24, 2.45) is 0 Å². The van der Waals surface area contributed by atoms with Gasteiger partial charge in [-0.2, -0.15) is 0 Å². The van der Waals surface area contributed by atoms with Gasteiger partial charge in [-0.15, -0.1) is 0 Å². The number of hydrogen-bond acceptors (Lipinski definition) is 7. The van der Waals surface area contributed by atoms with Gasteiger partial charge in [-0.3, -0.25) is 9.59 Å². The fourth-order valence-electron chi connectivity index (χ4n) is 2.81. The van der Waals surface area contributed by atoms with Gasteiger partial charge in [-0.1, -0.05) is 11.6 Å². The highest BCUT2D eigenvalue weighted by molar-refractivity contribution is 7.89. The Bertz CT molecular complexity index is 1080. The molecule has 11 heteroatoms. The van der Waals surface area contributed by atoms with Crippen LogP contribution in [0.3, 0.4) is 0 Å². The first kappa shape index (κ1) is 25.4. The van der Waals surface area contributed by atoms with Crippen molar-refractivity contribution in [1.29, 1.82) is 0 Å². The summed E-state index contributed by atoms with van der Waals surface area (Å²) in [5.74, 6) is -0.289. The van der Waals surface area contributed by atoms with Crippen molar-refractivity contribution < 1.29 is 32.2 Å². The highest BCUT2D eigenvalue weighted by Crippen LogP contribution is 2.26. The van der Waals surface area contributed by atoms with Crippen LogP contribution in [0, 0.1) is 0 Å². The minimum atomic E-state index is -3.80. The fourth-order valence-corrected chi connectivity index (χ4v) is 3.93. The van der Waals surface area contributed by atoms with Gasteiger partial charge in [-0.05, 0) is 35.9 Å². The molecule has 0 saturated carbocycles. The predicted molar refractivity (Wildman–Crippen MR) is 119 cm³/mol. The molecule has 2 aromatic rings. The number of methoxy groups -OCH3 is 3. The van der Waals surface area contributed by atoms with E-state index in [1.54, 1.807) is 18.2 Å². The van der Waals surface area contributed by atoms with Gasteiger partial charge in [-0.25, -0.2) is 12.7 Å². The largest absolute Gasteiger partial charge is 0.497 e. The van der Waals surface area contributed by atoms with E-state index in [0.29, 0.717) is 17.1 Å². The lowest BCUT2D eigenvalue weighted by molar-refractivity contribution is -0.141. The van der Waals surface area contributed by atoms with E-state index < -0.39 is 21.9 Å². The van der Waals surface area contributed by atoms with Gasteiger partial charge in [0.05, 0.1) is 36.8 Å². The molecule has 0 aromatic heterocycles. The van der Waals surface area contributed by atoms with E-state index in [0.717, 1.165) is 4.31 Å². The topological polar surface area (TPSA) is 102 Å². The predicted octanol–water partition coefficient (Wildman–Crippen LogP) is 2.42. The number of ether oxygens (including phenoxy) is 3. The monoisotopic (exact) mass is 484 g/mol. The Morgan fingerprint density at radius 2 is 1.56 bits per heavy atom. The van der Waals surface area contributed by atoms with Crippen molar-refractivity contribution in [3.8, 4) is 11.5 Å². The van der Waals surface area contributed by atoms with Crippen LogP contribution in [0.15, 0.2) is 41.3 Å². The number of nitrogens with zero attached hydrogens (tertiary/aromatic N) is 2. The molecular formula is C21H25ClN2O7S. The zero-order valence-corrected chi connectivity index (χ0v) is 20.0. The highest BCUT2D eigenvalue weighted by atomic mass is 35.5. The third kappa shape index (κ3) is 5.90. The Kier molecular flexibility index (Phi) is 8.48. The lowest BCUT2D eigenvalue weighted by Gasteiger charge is -2.23. The van der Waals surface area contributed by atoms with Crippen LogP contribution in [0.2, 0.25) is 5.02 Å². The third-order valence-corrected chi connectivity index (χ3v) is 6.71. The number of rotatable bonds is 9. The maximum Gasteiger partial charge on any atom is 0.325 e. The molecule has 0 spiro atoms. The fraction of sp³-hybridized carbons (Fsp3) is 0.333. The normalized spacial score (nSPS) is 11.2. The minimum Gasteiger partial charge on any atom is -0.497 e. The molecule has 0 atom stereocenters. The van der Waals surface area contributed by atoms with Crippen molar-refractivity contribution in [2.45, 2.75) is 11.4 Å². The van der Waals surface area contributed by atoms with Crippen LogP contribution >= 0.6 is 11.6 Å². The molecule has 2 rings (SSSR count). The number of amides is 1. The van der Waals surface area contributed by atoms with Gasteiger partial charge in [0.1, 0.15) is 18.0 Å². The average molecular weight is 485 g/mol. The second-order valence-electron chi connectivity index (χ2n) is 6.89. The number of esters is 1. The molecule has 0 aliphatic carbocycles. The standard InChI is InChI=1S/C21H25ClN2O7S/c1-23(2)32(27,28)17-6-7-19(22)18(11-17)21(26)24(13-20(25)31-5)12-14-8-15(29-3)10-16(9-14)30-4/h6-11H,12-13H2,1-5H3. The summed E-state index contributed by atoms with van der Waals surface area (Å²) in [6.45, 7) is -0.391. The zero-order valence-electron chi connectivity index (χ0n) is 18.4. The van der Waals surface area contributed by atoms with Gasteiger partial charge in [0.2, 0.25) is 10.0 Å². The third-order valence-electron chi connectivity index (χ3n) is 4.57. The Morgan fingerprint density at radius 3 is 2.06 bits per heavy atom. The number of benzene rings is 2. The van der Waals surface area contributed by atoms with Crippen LogP contribution in [0.25, 0.3) is 0 Å². The second-order valence-corrected chi connectivity index (χ2v) is 9.45. The smallest absolute Gasteiger partial charge is 0.325 e. The summed E-state index contributed by atoms with van der Waals surface area (Å²) in [5.41, 5.74) is 0.556. The van der Waals surface area contributed by atoms with Crippen molar-refractivity contribution >= 4 is 33.5 Å². The molecule has 0 fully saturated rings. The van der Waals surface area contributed by atoms with Crippen molar-refractivity contribution in [3.63, 3.8) is 0 Å². The van der Waals surface area contributed by atoms with Gasteiger partial charge in [0, 0.05) is 26.7 Å². The summed E-state index contributed by atoms with van der Waals surface area (Å²) >= 11 is 6.22. The summed E-state index contributed by atoms with van der Waals surface area (Å²) in [6.07, 6.45) is 0. The summed E-state index contributed by atoms with van der Waals surface area (Å²) in [7, 11) is 3.15. The van der Waals surface area contributed by atoms with E-state index >= 15 is 0 Å². The molecular weight excluding hydrogens is 460 g/mol. The van der Waals surface area contributed by atoms with Crippen molar-refractivity contribution in [3.05, 3.63) is 52.5 Å². The summed E-state index contributed by atoms with van der Waals surface area (Å²) in [4.78, 5) is 26.4. The molecule has 0 N–H and O–H groups in total. The number of carbonyl (C=O) groups excluding carboxylic acids is 2. The summed E-state index contributed by atoms with van der Waals surface area (Å²) < 4.78 is 41.3. The lowest BCUT2D eigenvalue weighted by atomic mass is 10.1. The van der Waals surface area contributed by atoms with E-state index in [1.165, 1.54) is 58.5 Å². The van der Waals surface area contributed by atoms with Crippen LogP contribution in [-0.2, 0) is 26.1 Å². The molecule has 1 amide bonds. The summed E-state index contributed by atoms with van der Waals surface area (Å²) in [6, 6.07) is 8.88. The molecule has 9 nitrogen and oxygen atoms in total. The van der Waals surface area contributed by atoms with Gasteiger partial charge >= 0.3 is 5.97 Å². The molecule has 32 heavy (non-hydrogen) atoms. The van der Waals surface area contributed by atoms with Crippen LogP contribution in [0.4, 0.5) is 0 Å². The molecule has 0 saturated heterocycles. The van der Waals surface area contributed by atoms with E-state index in [9.17, 15) is 18.0 Å². The molecule has 0 unspecified atom stereocenters. The van der Waals surface area contributed by atoms with Gasteiger partial charge < -0.3 is 19.1 Å². The molecule has 174 valence electrons. The van der Waals surface area contributed by atoms with E-state index in [-0.39, 0.29) is 28.6 Å². The van der Waals surface area contributed by atoms with Crippen LogP contribution in [-0.4, -0.2) is 71.5 Å². The average Bonchev–Trinajstić information content (AvgIpc) is 2.77. The van der Waals surface area contributed by atoms with Gasteiger partial charge in [0.15, 0.2) is 0 Å². The maximum absolute atomic E-state index is 13.3. The number of sulfonamides is 1. The van der Waals surface area contributed by atoms with Crippen molar-refractivity contribution in [1.82, 2.24) is 9.21 Å². The molecule has 0 bridgehead atoms. The first-order chi connectivity index (χ1) is 15.0. The minimum absolute atomic E-state index is 0.0114. The molecule has 0 radical (unpaired) electrons.